The van der Waals surface area contributed by atoms with E-state index in [2.05, 4.69) is 21.9 Å². The van der Waals surface area contributed by atoms with Gasteiger partial charge in [-0.25, -0.2) is 9.97 Å². The predicted octanol–water partition coefficient (Wildman–Crippen LogP) is 3.07. The molecular weight excluding hydrogens is 290 g/mol. The Morgan fingerprint density at radius 1 is 1.23 bits per heavy atom. The van der Waals surface area contributed by atoms with E-state index >= 15 is 0 Å². The van der Waals surface area contributed by atoms with Crippen LogP contribution in [0.25, 0.3) is 24.3 Å². The summed E-state index contributed by atoms with van der Waals surface area (Å²) < 4.78 is 1.13. The van der Waals surface area contributed by atoms with Crippen molar-refractivity contribution in [3.8, 4) is 0 Å². The van der Waals surface area contributed by atoms with Crippen LogP contribution < -0.4 is 15.2 Å². The number of anilines is 1. The quantitative estimate of drug-likeness (QED) is 0.863. The molecule has 0 radical (unpaired) electrons. The van der Waals surface area contributed by atoms with E-state index in [0.29, 0.717) is 0 Å². The molecule has 2 rings (SSSR count). The van der Waals surface area contributed by atoms with E-state index in [0.717, 1.165) is 26.3 Å². The van der Waals surface area contributed by atoms with Crippen molar-refractivity contribution in [1.82, 2.24) is 9.97 Å². The minimum Gasteiger partial charge on any atom is -0.373 e. The number of rotatable bonds is 5. The molecule has 0 aliphatic carbocycles. The first-order chi connectivity index (χ1) is 10.8. The molecule has 0 fully saturated rings. The average Bonchev–Trinajstić information content (AvgIpc) is 2.94. The van der Waals surface area contributed by atoms with Crippen molar-refractivity contribution >= 4 is 41.5 Å². The Hall–Kier alpha value is -2.46. The van der Waals surface area contributed by atoms with Crippen molar-refractivity contribution in [2.24, 2.45) is 0 Å². The number of hydrogen-bond acceptors (Lipinski definition) is 4. The molecule has 2 aromatic rings. The Labute approximate surface area is 134 Å². The molecular formula is C18H19N3S. The molecule has 2 aromatic heterocycles. The second-order valence-electron chi connectivity index (χ2n) is 4.44. The second kappa shape index (κ2) is 8.10. The Morgan fingerprint density at radius 3 is 2.68 bits per heavy atom. The smallest absolute Gasteiger partial charge is 0.125 e. The first kappa shape index (κ1) is 15.9. The van der Waals surface area contributed by atoms with Gasteiger partial charge in [0, 0.05) is 13.2 Å². The number of allylic oxidation sites excluding steroid dienone is 3. The summed E-state index contributed by atoms with van der Waals surface area (Å²) in [5.74, 6) is 0.866. The van der Waals surface area contributed by atoms with Gasteiger partial charge < -0.3 is 5.32 Å². The van der Waals surface area contributed by atoms with Crippen LogP contribution in [0.1, 0.15) is 17.5 Å². The molecule has 0 atom stereocenters. The maximum Gasteiger partial charge on any atom is 0.125 e. The van der Waals surface area contributed by atoms with Crippen LogP contribution >= 0.6 is 11.3 Å². The van der Waals surface area contributed by atoms with Crippen LogP contribution in [0.4, 0.5) is 5.82 Å². The molecule has 0 bridgehead atoms. The molecule has 22 heavy (non-hydrogen) atoms. The number of nitrogens with zero attached hydrogens (tertiary/aromatic N) is 2. The molecule has 0 aliphatic heterocycles. The molecule has 0 amide bonds. The van der Waals surface area contributed by atoms with Gasteiger partial charge in [0.15, 0.2) is 0 Å². The first-order valence-corrected chi connectivity index (χ1v) is 7.83. The summed E-state index contributed by atoms with van der Waals surface area (Å²) in [7, 11) is 1.86. The number of nitrogens with one attached hydrogen (secondary N) is 1. The minimum absolute atomic E-state index is 0.866. The summed E-state index contributed by atoms with van der Waals surface area (Å²) in [6.07, 6.45) is 15.6. The van der Waals surface area contributed by atoms with E-state index in [1.165, 1.54) is 0 Å². The van der Waals surface area contributed by atoms with Gasteiger partial charge in [-0.15, -0.1) is 11.3 Å². The molecule has 0 aliphatic rings. The first-order valence-electron chi connectivity index (χ1n) is 7.01. The van der Waals surface area contributed by atoms with E-state index < -0.39 is 0 Å². The van der Waals surface area contributed by atoms with Crippen LogP contribution in [-0.2, 0) is 0 Å². The molecule has 112 valence electrons. The topological polar surface area (TPSA) is 37.8 Å². The second-order valence-corrected chi connectivity index (χ2v) is 5.50. The number of aromatic nitrogens is 2. The van der Waals surface area contributed by atoms with Gasteiger partial charge in [0.05, 0.1) is 9.88 Å². The van der Waals surface area contributed by atoms with Crippen molar-refractivity contribution in [2.45, 2.75) is 6.92 Å². The highest BCUT2D eigenvalue weighted by Gasteiger charge is 1.94. The number of hydrogen-bond donors (Lipinski definition) is 1. The highest BCUT2D eigenvalue weighted by atomic mass is 32.1. The Kier molecular flexibility index (Phi) is 5.86. The molecule has 4 heteroatoms. The summed E-state index contributed by atoms with van der Waals surface area (Å²) in [4.78, 5) is 8.82. The SMILES string of the molecule is C=C/C=c1/sc(/C=C/C=C/c2ccc(NC)nc2)n/c1=C/C. The van der Waals surface area contributed by atoms with Crippen LogP contribution in [0.3, 0.4) is 0 Å². The molecule has 0 unspecified atom stereocenters. The molecule has 0 saturated heterocycles. The molecule has 1 N–H and O–H groups in total. The van der Waals surface area contributed by atoms with Gasteiger partial charge in [-0.3, -0.25) is 0 Å². The third kappa shape index (κ3) is 4.27. The summed E-state index contributed by atoms with van der Waals surface area (Å²) in [6, 6.07) is 3.97. The zero-order valence-corrected chi connectivity index (χ0v) is 13.6. The largest absolute Gasteiger partial charge is 0.373 e. The Bertz CT molecular complexity index is 796. The van der Waals surface area contributed by atoms with Crippen molar-refractivity contribution in [3.05, 3.63) is 63.6 Å². The van der Waals surface area contributed by atoms with Gasteiger partial charge in [0.2, 0.25) is 0 Å². The molecule has 2 heterocycles. The van der Waals surface area contributed by atoms with Gasteiger partial charge in [-0.2, -0.15) is 0 Å². The fourth-order valence-electron chi connectivity index (χ4n) is 1.82. The molecule has 0 saturated carbocycles. The third-order valence-electron chi connectivity index (χ3n) is 2.92. The monoisotopic (exact) mass is 309 g/mol. The van der Waals surface area contributed by atoms with Crippen LogP contribution in [-0.4, -0.2) is 17.0 Å². The fraction of sp³-hybridized carbons (Fsp3) is 0.111. The lowest BCUT2D eigenvalue weighted by molar-refractivity contribution is 1.28. The highest BCUT2D eigenvalue weighted by Crippen LogP contribution is 2.06. The lowest BCUT2D eigenvalue weighted by Gasteiger charge is -1.97. The van der Waals surface area contributed by atoms with E-state index in [-0.39, 0.29) is 0 Å². The van der Waals surface area contributed by atoms with Crippen LogP contribution in [0, 0.1) is 0 Å². The summed E-state index contributed by atoms with van der Waals surface area (Å²) in [5, 5.41) is 4.98. The van der Waals surface area contributed by atoms with Gasteiger partial charge >= 0.3 is 0 Å². The van der Waals surface area contributed by atoms with Crippen molar-refractivity contribution in [1.29, 1.82) is 0 Å². The zero-order chi connectivity index (χ0) is 15.8. The van der Waals surface area contributed by atoms with Crippen LogP contribution in [0.5, 0.6) is 0 Å². The van der Waals surface area contributed by atoms with E-state index in [1.54, 1.807) is 17.4 Å². The zero-order valence-electron chi connectivity index (χ0n) is 12.8. The standard InChI is InChI=1S/C18H19N3S/c1-4-8-16-15(5-2)21-18(22-16)10-7-6-9-14-11-12-17(19-3)20-13-14/h4-13H,1H2,2-3H3,(H,19,20)/b9-6+,10-7+,15-5+,16-8+. The maximum atomic E-state index is 4.56. The van der Waals surface area contributed by atoms with Gasteiger partial charge in [0.1, 0.15) is 10.8 Å². The number of thiazole rings is 1. The van der Waals surface area contributed by atoms with E-state index in [9.17, 15) is 0 Å². The van der Waals surface area contributed by atoms with Gasteiger partial charge in [-0.05, 0) is 36.8 Å². The van der Waals surface area contributed by atoms with Crippen molar-refractivity contribution in [2.75, 3.05) is 12.4 Å². The molecule has 0 spiro atoms. The van der Waals surface area contributed by atoms with Crippen molar-refractivity contribution < 1.29 is 0 Å². The summed E-state index contributed by atoms with van der Waals surface area (Å²) in [5.41, 5.74) is 1.06. The summed E-state index contributed by atoms with van der Waals surface area (Å²) >= 11 is 1.65. The lowest BCUT2D eigenvalue weighted by Crippen LogP contribution is -2.19. The number of pyridine rings is 1. The van der Waals surface area contributed by atoms with E-state index in [4.69, 9.17) is 0 Å². The average molecular weight is 309 g/mol. The minimum atomic E-state index is 0.866. The van der Waals surface area contributed by atoms with Crippen molar-refractivity contribution in [3.63, 3.8) is 0 Å². The maximum absolute atomic E-state index is 4.56. The Morgan fingerprint density at radius 2 is 2.05 bits per heavy atom. The van der Waals surface area contributed by atoms with Gasteiger partial charge in [-0.1, -0.05) is 37.0 Å². The lowest BCUT2D eigenvalue weighted by atomic mass is 10.2. The fourth-order valence-corrected chi connectivity index (χ4v) is 2.77. The van der Waals surface area contributed by atoms with Crippen LogP contribution in [0.15, 0.2) is 43.1 Å². The molecule has 3 nitrogen and oxygen atoms in total. The molecule has 0 aromatic carbocycles. The van der Waals surface area contributed by atoms with E-state index in [1.807, 2.05) is 68.8 Å². The van der Waals surface area contributed by atoms with Gasteiger partial charge in [0.25, 0.3) is 0 Å². The predicted molar refractivity (Wildman–Crippen MR) is 98.0 cm³/mol. The van der Waals surface area contributed by atoms with Crippen LogP contribution in [0.2, 0.25) is 0 Å². The highest BCUT2D eigenvalue weighted by molar-refractivity contribution is 7.10. The Balaban J connectivity index is 2.10. The normalized spacial score (nSPS) is 13.4. The third-order valence-corrected chi connectivity index (χ3v) is 3.92. The summed E-state index contributed by atoms with van der Waals surface area (Å²) in [6.45, 7) is 5.72.